The number of rotatable bonds is 7. The second-order valence-corrected chi connectivity index (χ2v) is 6.13. The molecule has 0 aromatic rings. The van der Waals surface area contributed by atoms with Gasteiger partial charge in [0, 0.05) is 12.8 Å². The third-order valence-corrected chi connectivity index (χ3v) is 3.84. The Kier molecular flexibility index (Phi) is 6.44. The molecule has 0 aliphatic carbocycles. The van der Waals surface area contributed by atoms with E-state index >= 15 is 0 Å². The number of hydrogen-bond donors (Lipinski definition) is 3. The van der Waals surface area contributed by atoms with Crippen LogP contribution in [0.4, 0.5) is 0 Å². The van der Waals surface area contributed by atoms with Crippen molar-refractivity contribution >= 4 is 29.6 Å². The molecule has 0 radical (unpaired) electrons. The second kappa shape index (κ2) is 7.89. The van der Waals surface area contributed by atoms with Gasteiger partial charge in [0.15, 0.2) is 0 Å². The van der Waals surface area contributed by atoms with E-state index in [2.05, 4.69) is 10.6 Å². The number of hydrogen-bond acceptors (Lipinski definition) is 5. The predicted molar refractivity (Wildman–Crippen MR) is 82.6 cm³/mol. The molecule has 0 saturated carbocycles. The van der Waals surface area contributed by atoms with E-state index in [1.165, 1.54) is 13.8 Å². The van der Waals surface area contributed by atoms with E-state index in [0.717, 1.165) is 4.90 Å². The first-order valence-electron chi connectivity index (χ1n) is 7.74. The molecular weight excluding hydrogens is 318 g/mol. The van der Waals surface area contributed by atoms with Crippen LogP contribution in [0.25, 0.3) is 0 Å². The number of aliphatic carboxylic acids is 1. The van der Waals surface area contributed by atoms with Crippen molar-refractivity contribution < 1.29 is 29.1 Å². The Bertz CT molecular complexity index is 543. The zero-order valence-electron chi connectivity index (χ0n) is 14.2. The summed E-state index contributed by atoms with van der Waals surface area (Å²) in [7, 11) is 0. The molecule has 1 aliphatic rings. The van der Waals surface area contributed by atoms with Gasteiger partial charge in [0.1, 0.15) is 18.1 Å². The molecule has 9 nitrogen and oxygen atoms in total. The highest BCUT2D eigenvalue weighted by Gasteiger charge is 2.37. The van der Waals surface area contributed by atoms with E-state index in [-0.39, 0.29) is 18.8 Å². The fourth-order valence-electron chi connectivity index (χ4n) is 2.33. The summed E-state index contributed by atoms with van der Waals surface area (Å²) < 4.78 is 0. The van der Waals surface area contributed by atoms with E-state index in [1.54, 1.807) is 13.8 Å². The summed E-state index contributed by atoms with van der Waals surface area (Å²) >= 11 is 0. The summed E-state index contributed by atoms with van der Waals surface area (Å²) in [6, 6.07) is -3.10. The zero-order chi connectivity index (χ0) is 18.6. The number of imide groups is 1. The molecule has 3 N–H and O–H groups in total. The maximum atomic E-state index is 12.1. The van der Waals surface area contributed by atoms with Crippen molar-refractivity contribution in [2.45, 2.75) is 58.7 Å². The van der Waals surface area contributed by atoms with Gasteiger partial charge in [-0.15, -0.1) is 0 Å². The van der Waals surface area contributed by atoms with Crippen LogP contribution >= 0.6 is 0 Å². The molecule has 0 unspecified atom stereocenters. The normalized spacial score (nSPS) is 18.3. The lowest BCUT2D eigenvalue weighted by atomic mass is 10.0. The molecule has 0 spiro atoms. The van der Waals surface area contributed by atoms with E-state index < -0.39 is 47.7 Å². The second-order valence-electron chi connectivity index (χ2n) is 6.13. The fraction of sp³-hybridized carbons (Fsp3) is 0.667. The lowest BCUT2D eigenvalue weighted by molar-refractivity contribution is -0.147. The highest BCUT2D eigenvalue weighted by molar-refractivity contribution is 6.05. The van der Waals surface area contributed by atoms with Gasteiger partial charge in [-0.2, -0.15) is 0 Å². The number of carbonyl (C=O) groups excluding carboxylic acids is 4. The monoisotopic (exact) mass is 341 g/mol. The van der Waals surface area contributed by atoms with Crippen molar-refractivity contribution in [2.24, 2.45) is 5.92 Å². The van der Waals surface area contributed by atoms with Gasteiger partial charge in [-0.05, 0) is 19.8 Å². The van der Waals surface area contributed by atoms with Crippen LogP contribution < -0.4 is 10.6 Å². The average Bonchev–Trinajstić information content (AvgIpc) is 2.81. The molecule has 24 heavy (non-hydrogen) atoms. The molecule has 1 fully saturated rings. The van der Waals surface area contributed by atoms with Crippen molar-refractivity contribution in [1.82, 2.24) is 15.5 Å². The van der Waals surface area contributed by atoms with Crippen LogP contribution in [0.1, 0.15) is 40.5 Å². The van der Waals surface area contributed by atoms with Crippen molar-refractivity contribution in [3.63, 3.8) is 0 Å². The van der Waals surface area contributed by atoms with Crippen LogP contribution in [0.5, 0.6) is 0 Å². The van der Waals surface area contributed by atoms with Gasteiger partial charge in [-0.25, -0.2) is 4.79 Å². The molecule has 134 valence electrons. The Morgan fingerprint density at radius 2 is 1.46 bits per heavy atom. The van der Waals surface area contributed by atoms with Crippen molar-refractivity contribution in [3.05, 3.63) is 0 Å². The van der Waals surface area contributed by atoms with Gasteiger partial charge in [0.2, 0.25) is 23.6 Å². The van der Waals surface area contributed by atoms with E-state index in [4.69, 9.17) is 5.11 Å². The molecule has 1 aliphatic heterocycles. The first-order valence-corrected chi connectivity index (χ1v) is 7.74. The summed E-state index contributed by atoms with van der Waals surface area (Å²) in [5.74, 6) is -3.66. The van der Waals surface area contributed by atoms with Crippen LogP contribution in [0.15, 0.2) is 0 Å². The topological polar surface area (TPSA) is 133 Å². The van der Waals surface area contributed by atoms with E-state index in [1.807, 2.05) is 0 Å². The molecule has 0 aromatic carbocycles. The first-order chi connectivity index (χ1) is 11.1. The van der Waals surface area contributed by atoms with Gasteiger partial charge < -0.3 is 15.7 Å². The molecule has 1 saturated heterocycles. The van der Waals surface area contributed by atoms with Gasteiger partial charge in [-0.3, -0.25) is 24.1 Å². The maximum absolute atomic E-state index is 12.1. The number of amides is 4. The van der Waals surface area contributed by atoms with Crippen molar-refractivity contribution in [1.29, 1.82) is 0 Å². The third-order valence-electron chi connectivity index (χ3n) is 3.84. The molecule has 1 rings (SSSR count). The molecule has 4 amide bonds. The van der Waals surface area contributed by atoms with Crippen LogP contribution in [0.3, 0.4) is 0 Å². The summed E-state index contributed by atoms with van der Waals surface area (Å²) in [6.07, 6.45) is 0.141. The van der Waals surface area contributed by atoms with Gasteiger partial charge in [0.25, 0.3) is 0 Å². The Labute approximate surface area is 139 Å². The lowest BCUT2D eigenvalue weighted by Gasteiger charge is -2.25. The zero-order valence-corrected chi connectivity index (χ0v) is 14.2. The minimum atomic E-state index is -1.17. The molecule has 0 aromatic heterocycles. The standard InChI is InChI=1S/C15H23N3O6/c1-7(2)12(15(23)24)17-13(21)8(3)16-14(22)9(4)18-10(19)5-6-11(18)20/h7-9,12H,5-6H2,1-4H3,(H,16,22)(H,17,21)(H,23,24)/t8-,9-,12-/m0/s1. The van der Waals surface area contributed by atoms with Crippen LogP contribution in [-0.2, 0) is 24.0 Å². The molecule has 9 heteroatoms. The average molecular weight is 341 g/mol. The number of carbonyl (C=O) groups is 5. The van der Waals surface area contributed by atoms with E-state index in [9.17, 15) is 24.0 Å². The van der Waals surface area contributed by atoms with Crippen LogP contribution in [-0.4, -0.2) is 57.7 Å². The Balaban J connectivity index is 2.65. The fourth-order valence-corrected chi connectivity index (χ4v) is 2.33. The molecule has 1 heterocycles. The van der Waals surface area contributed by atoms with E-state index in [0.29, 0.717) is 0 Å². The Morgan fingerprint density at radius 1 is 0.958 bits per heavy atom. The number of carboxylic acid groups (broad SMARTS) is 1. The SMILES string of the molecule is CC(C)[C@H](NC(=O)[C@H](C)NC(=O)[C@H](C)N1C(=O)CCC1=O)C(=O)O. The highest BCUT2D eigenvalue weighted by Crippen LogP contribution is 2.15. The minimum absolute atomic E-state index is 0.0706. The lowest BCUT2D eigenvalue weighted by Crippen LogP contribution is -2.55. The Morgan fingerprint density at radius 3 is 1.88 bits per heavy atom. The number of likely N-dealkylation sites (tertiary alicyclic amines) is 1. The summed E-state index contributed by atoms with van der Waals surface area (Å²) in [5.41, 5.74) is 0. The minimum Gasteiger partial charge on any atom is -0.480 e. The maximum Gasteiger partial charge on any atom is 0.326 e. The predicted octanol–water partition coefficient (Wildman–Crippen LogP) is -0.746. The summed E-state index contributed by atoms with van der Waals surface area (Å²) in [5, 5.41) is 13.8. The molecule has 3 atom stereocenters. The number of nitrogens with zero attached hydrogens (tertiary/aromatic N) is 1. The smallest absolute Gasteiger partial charge is 0.326 e. The Hall–Kier alpha value is -2.45. The molecular formula is C15H23N3O6. The first kappa shape index (κ1) is 19.6. The summed E-state index contributed by atoms with van der Waals surface area (Å²) in [4.78, 5) is 59.4. The van der Waals surface area contributed by atoms with Crippen molar-refractivity contribution in [3.8, 4) is 0 Å². The summed E-state index contributed by atoms with van der Waals surface area (Å²) in [6.45, 7) is 6.09. The third kappa shape index (κ3) is 4.53. The largest absolute Gasteiger partial charge is 0.480 e. The highest BCUT2D eigenvalue weighted by atomic mass is 16.4. The number of carboxylic acids is 1. The van der Waals surface area contributed by atoms with Crippen LogP contribution in [0, 0.1) is 5.92 Å². The van der Waals surface area contributed by atoms with Gasteiger partial charge in [-0.1, -0.05) is 13.8 Å². The van der Waals surface area contributed by atoms with Crippen LogP contribution in [0.2, 0.25) is 0 Å². The van der Waals surface area contributed by atoms with Gasteiger partial charge >= 0.3 is 5.97 Å². The quantitative estimate of drug-likeness (QED) is 0.522. The number of nitrogens with one attached hydrogen (secondary N) is 2. The van der Waals surface area contributed by atoms with Gasteiger partial charge in [0.05, 0.1) is 0 Å². The van der Waals surface area contributed by atoms with Crippen molar-refractivity contribution in [2.75, 3.05) is 0 Å². The molecule has 0 bridgehead atoms.